The number of benzene rings is 4. The van der Waals surface area contributed by atoms with E-state index >= 15 is 0 Å². The quantitative estimate of drug-likeness (QED) is 0.0239. The van der Waals surface area contributed by atoms with Gasteiger partial charge in [0.05, 0.1) is 86.9 Å². The molecule has 0 radical (unpaired) electrons. The number of urea groups is 2. The number of hydrogen-bond donors (Lipinski definition) is 6. The number of aromatic nitrogens is 2. The number of rotatable bonds is 16. The Labute approximate surface area is 441 Å². The molecule has 8 rings (SSSR count). The Hall–Kier alpha value is -9.65. The van der Waals surface area contributed by atoms with E-state index < -0.39 is 72.5 Å². The van der Waals surface area contributed by atoms with E-state index in [9.17, 15) is 66.3 Å². The van der Waals surface area contributed by atoms with Gasteiger partial charge in [-0.25, -0.2) is 9.59 Å². The first kappa shape index (κ1) is 54.6. The van der Waals surface area contributed by atoms with Crippen LogP contribution in [0, 0.1) is 22.7 Å². The minimum Gasteiger partial charge on any atom is -0.494 e. The van der Waals surface area contributed by atoms with E-state index in [4.69, 9.17) is 5.73 Å². The predicted molar refractivity (Wildman–Crippen MR) is 271 cm³/mol. The van der Waals surface area contributed by atoms with Crippen molar-refractivity contribution in [3.8, 4) is 23.9 Å². The zero-order valence-corrected chi connectivity index (χ0v) is 41.6. The number of fused-ring (bicyclic) bond motifs is 2. The number of aromatic hydroxyl groups is 2. The molecule has 4 aromatic carbocycles. The lowest BCUT2D eigenvalue weighted by Gasteiger charge is -2.41. The lowest BCUT2D eigenvalue weighted by Crippen LogP contribution is -2.51. The van der Waals surface area contributed by atoms with Crippen LogP contribution in [0.5, 0.6) is 11.8 Å². The number of hydrogen-bond acceptors (Lipinski definition) is 9. The first-order chi connectivity index (χ1) is 37.2. The molecule has 2 aliphatic heterocycles. The maximum atomic E-state index is 14.6. The number of carbonyl (C=O) groups is 4. The summed E-state index contributed by atoms with van der Waals surface area (Å²) in [6, 6.07) is 20.2. The molecule has 0 saturated heterocycles. The molecule has 19 nitrogen and oxygen atoms in total. The van der Waals surface area contributed by atoms with Crippen LogP contribution in [0.2, 0.25) is 0 Å². The summed E-state index contributed by atoms with van der Waals surface area (Å²) in [6.07, 6.45) is -6.65. The second kappa shape index (κ2) is 22.3. The fourth-order valence-electron chi connectivity index (χ4n) is 9.33. The summed E-state index contributed by atoms with van der Waals surface area (Å²) >= 11 is 0. The Morgan fingerprint density at radius 3 is 1.41 bits per heavy atom. The van der Waals surface area contributed by atoms with Crippen LogP contribution in [0.3, 0.4) is 0 Å². The molecule has 6 aromatic rings. The lowest BCUT2D eigenvalue weighted by molar-refractivity contribution is -0.138. The molecule has 0 spiro atoms. The van der Waals surface area contributed by atoms with Crippen LogP contribution in [0.25, 0.3) is 0 Å². The number of nitrogens with one attached hydrogen (secondary N) is 3. The molecule has 4 heterocycles. The van der Waals surface area contributed by atoms with E-state index in [2.05, 4.69) is 20.9 Å². The van der Waals surface area contributed by atoms with Gasteiger partial charge in [-0.05, 0) is 85.6 Å². The van der Waals surface area contributed by atoms with E-state index in [1.165, 1.54) is 57.9 Å². The van der Waals surface area contributed by atoms with E-state index in [0.717, 1.165) is 56.0 Å². The number of alkyl halides is 6. The van der Waals surface area contributed by atoms with E-state index in [-0.39, 0.29) is 102 Å². The molecule has 0 unspecified atom stereocenters. The third kappa shape index (κ3) is 11.0. The third-order valence-electron chi connectivity index (χ3n) is 13.0. The number of aryl methyl sites for hydroxylation is 2. The summed E-state index contributed by atoms with van der Waals surface area (Å²) in [5, 5.41) is 50.1. The minimum atomic E-state index is -4.76. The highest BCUT2D eigenvalue weighted by atomic mass is 19.4. The maximum Gasteiger partial charge on any atom is 0.416 e. The van der Waals surface area contributed by atoms with Gasteiger partial charge in [0.2, 0.25) is 11.8 Å². The lowest BCUT2D eigenvalue weighted by atomic mass is 9.94. The Bertz CT molecular complexity index is 3380. The molecule has 25 heteroatoms. The van der Waals surface area contributed by atoms with Crippen LogP contribution in [-0.2, 0) is 35.0 Å². The second-order valence-corrected chi connectivity index (χ2v) is 17.8. The predicted octanol–water partition coefficient (Wildman–Crippen LogP) is 7.68. The monoisotopic (exact) mass is 1080 g/mol. The first-order valence-corrected chi connectivity index (χ1v) is 24.2. The molecule has 0 aliphatic carbocycles. The Morgan fingerprint density at radius 1 is 0.628 bits per heavy atom. The summed E-state index contributed by atoms with van der Waals surface area (Å²) in [4.78, 5) is 64.8. The average Bonchev–Trinajstić information content (AvgIpc) is 4.16. The summed E-state index contributed by atoms with van der Waals surface area (Å²) in [6.45, 7) is 2.22. The van der Waals surface area contributed by atoms with Crippen molar-refractivity contribution in [2.45, 2.75) is 51.4 Å². The molecule has 2 aliphatic rings. The maximum absolute atomic E-state index is 14.6. The van der Waals surface area contributed by atoms with Gasteiger partial charge in [0, 0.05) is 45.1 Å². The average molecular weight is 1080 g/mol. The Kier molecular flexibility index (Phi) is 15.6. The number of carbonyl (C=O) groups excluding carboxylic acids is 4. The number of nitriles is 2. The zero-order chi connectivity index (χ0) is 56.2. The van der Waals surface area contributed by atoms with Crippen molar-refractivity contribution in [3.63, 3.8) is 0 Å². The molecule has 0 saturated carbocycles. The molecule has 6 amide bonds. The summed E-state index contributed by atoms with van der Waals surface area (Å²) < 4.78 is 86.4. The smallest absolute Gasteiger partial charge is 0.416 e. The third-order valence-corrected chi connectivity index (χ3v) is 13.0. The number of halogens is 6. The van der Waals surface area contributed by atoms with Gasteiger partial charge in [0.1, 0.15) is 13.1 Å². The second-order valence-electron chi connectivity index (χ2n) is 17.8. The first-order valence-electron chi connectivity index (χ1n) is 24.2. The number of guanidine groups is 1. The van der Waals surface area contributed by atoms with E-state index in [1.54, 1.807) is 38.1 Å². The molecule has 78 heavy (non-hydrogen) atoms. The molecule has 0 bridgehead atoms. The number of nitrogens with zero attached hydrogens (tertiary/aromatic N) is 9. The van der Waals surface area contributed by atoms with Crippen LogP contribution in [0.15, 0.2) is 114 Å². The number of amides is 6. The number of aliphatic imine (C=N–C) groups is 1. The standard InChI is InChI=1S/C53H49F6N13O6/c1-3-67-27-39-43(47(67)75)45(33-15-11-31(25-60)12-16-33)69(50(77)71(39)37-9-5-7-35(23-37)52(54,55)56)29-41(73)63-19-21-65-49(62)66-22-20-64-42(74)30-70-46(34-17-13-32(26-61)14-18-34)44-40(28-68(4-2)48(44)76)72(51(70)78)38-10-6-8-36(24-38)53(57,58)59/h5-18,23-24,27-28,45-46,75-76H,3-4,19-22,29-30H2,1-2H3,(H,63,73)(H,64,74)(H3,62,65,66)/t45-,46-/m1/s1. The van der Waals surface area contributed by atoms with Gasteiger partial charge < -0.3 is 50.8 Å². The van der Waals surface area contributed by atoms with Crippen LogP contribution in [0.1, 0.15) is 70.4 Å². The van der Waals surface area contributed by atoms with Crippen molar-refractivity contribution >= 4 is 52.6 Å². The summed E-state index contributed by atoms with van der Waals surface area (Å²) in [5.41, 5.74) is 5.41. The van der Waals surface area contributed by atoms with E-state index in [0.29, 0.717) is 11.1 Å². The van der Waals surface area contributed by atoms with Gasteiger partial charge in [-0.3, -0.25) is 24.4 Å². The fourth-order valence-corrected chi connectivity index (χ4v) is 9.33. The molecular formula is C53H49F6N13O6. The minimum absolute atomic E-state index is 0.00808. The van der Waals surface area contributed by atoms with Gasteiger partial charge >= 0.3 is 24.4 Å². The molecule has 2 atom stereocenters. The van der Waals surface area contributed by atoms with Crippen LogP contribution < -0.4 is 31.5 Å². The van der Waals surface area contributed by atoms with Crippen molar-refractivity contribution in [1.29, 1.82) is 10.5 Å². The molecule has 404 valence electrons. The van der Waals surface area contributed by atoms with Crippen molar-refractivity contribution in [1.82, 2.24) is 34.9 Å². The van der Waals surface area contributed by atoms with Gasteiger partial charge in [-0.1, -0.05) is 36.4 Å². The molecular weight excluding hydrogens is 1030 g/mol. The van der Waals surface area contributed by atoms with Crippen molar-refractivity contribution < 1.29 is 55.7 Å². The normalized spacial score (nSPS) is 15.6. The van der Waals surface area contributed by atoms with Crippen LogP contribution in [-0.4, -0.2) is 98.3 Å². The topological polar surface area (TPSA) is 254 Å². The summed E-state index contributed by atoms with van der Waals surface area (Å²) in [7, 11) is 0. The highest BCUT2D eigenvalue weighted by Gasteiger charge is 2.46. The van der Waals surface area contributed by atoms with Crippen molar-refractivity contribution in [2.75, 3.05) is 49.1 Å². The summed E-state index contributed by atoms with van der Waals surface area (Å²) in [5.74, 6) is -2.13. The van der Waals surface area contributed by atoms with Crippen molar-refractivity contribution in [2.24, 2.45) is 10.7 Å². The highest BCUT2D eigenvalue weighted by Crippen LogP contribution is 2.51. The van der Waals surface area contributed by atoms with Crippen LogP contribution >= 0.6 is 0 Å². The van der Waals surface area contributed by atoms with Crippen molar-refractivity contribution in [3.05, 3.63) is 154 Å². The van der Waals surface area contributed by atoms with Gasteiger partial charge in [-0.15, -0.1) is 0 Å². The number of anilines is 4. The van der Waals surface area contributed by atoms with Gasteiger partial charge in [-0.2, -0.15) is 36.9 Å². The zero-order valence-electron chi connectivity index (χ0n) is 41.6. The van der Waals surface area contributed by atoms with E-state index in [1.807, 2.05) is 12.1 Å². The van der Waals surface area contributed by atoms with Gasteiger partial charge in [0.15, 0.2) is 17.7 Å². The molecule has 7 N–H and O–H groups in total. The Morgan fingerprint density at radius 2 is 1.03 bits per heavy atom. The molecule has 2 aromatic heterocycles. The van der Waals surface area contributed by atoms with Crippen LogP contribution in [0.4, 0.5) is 58.7 Å². The number of nitrogens with two attached hydrogens (primary N) is 1. The highest BCUT2D eigenvalue weighted by molar-refractivity contribution is 6.06. The Balaban J connectivity index is 0.930. The fraction of sp³-hybridized carbons (Fsp3) is 0.264. The largest absolute Gasteiger partial charge is 0.494 e. The molecule has 0 fully saturated rings. The SMILES string of the molecule is CCn1cc2c(c1O)[C@@H](c1ccc(C#N)cc1)N(CC(=O)NCCN=C(N)NCCNC(=O)CN1C(=O)N(c3cccc(C(F)(F)F)c3)c3cn(CC)c(O)c3[C@H]1c1ccc(C#N)cc1)C(=O)N2c1cccc(C(F)(F)F)c1. The van der Waals surface area contributed by atoms with Gasteiger partial charge in [0.25, 0.3) is 0 Å².